The lowest BCUT2D eigenvalue weighted by Crippen LogP contribution is -1.92. The van der Waals surface area contributed by atoms with Crippen molar-refractivity contribution in [2.75, 3.05) is 0 Å². The molecule has 2 nitrogen and oxygen atoms in total. The van der Waals surface area contributed by atoms with E-state index in [2.05, 4.69) is 73.9 Å². The van der Waals surface area contributed by atoms with Gasteiger partial charge in [-0.2, -0.15) is 0 Å². The highest BCUT2D eigenvalue weighted by Gasteiger charge is 2.07. The molecule has 3 rings (SSSR count). The third kappa shape index (κ3) is 7.11. The molecule has 152 valence electrons. The van der Waals surface area contributed by atoms with Gasteiger partial charge >= 0.3 is 5.97 Å². The van der Waals surface area contributed by atoms with Gasteiger partial charge in [0.2, 0.25) is 0 Å². The molecule has 0 fully saturated rings. The van der Waals surface area contributed by atoms with Crippen molar-refractivity contribution < 1.29 is 9.90 Å². The average Bonchev–Trinajstić information content (AvgIpc) is 2.78. The Morgan fingerprint density at radius 1 is 0.867 bits per heavy atom. The predicted octanol–water partition coefficient (Wildman–Crippen LogP) is 6.74. The van der Waals surface area contributed by atoms with Crippen molar-refractivity contribution in [1.29, 1.82) is 0 Å². The summed E-state index contributed by atoms with van der Waals surface area (Å²) in [5, 5.41) is 7.89. The molecule has 0 bridgehead atoms. The van der Waals surface area contributed by atoms with E-state index >= 15 is 0 Å². The van der Waals surface area contributed by atoms with Crippen LogP contribution in [0.5, 0.6) is 0 Å². The molecule has 0 aromatic heterocycles. The van der Waals surface area contributed by atoms with E-state index < -0.39 is 5.97 Å². The van der Waals surface area contributed by atoms with Crippen LogP contribution in [-0.4, -0.2) is 11.1 Å². The van der Waals surface area contributed by atoms with Crippen molar-refractivity contribution in [2.24, 2.45) is 0 Å². The third-order valence-electron chi connectivity index (χ3n) is 4.51. The van der Waals surface area contributed by atoms with Crippen LogP contribution in [-0.2, 0) is 11.2 Å². The van der Waals surface area contributed by atoms with Gasteiger partial charge in [0, 0.05) is 16.7 Å². The summed E-state index contributed by atoms with van der Waals surface area (Å²) in [5.74, 6) is 5.71. The van der Waals surface area contributed by atoms with Gasteiger partial charge in [0.25, 0.3) is 0 Å². The summed E-state index contributed by atoms with van der Waals surface area (Å²) >= 11 is 0. The van der Waals surface area contributed by atoms with E-state index in [4.69, 9.17) is 5.11 Å². The Morgan fingerprint density at radius 3 is 2.07 bits per heavy atom. The van der Waals surface area contributed by atoms with Gasteiger partial charge in [-0.1, -0.05) is 92.4 Å². The van der Waals surface area contributed by atoms with Gasteiger partial charge in [-0.3, -0.25) is 0 Å². The first-order valence-electron chi connectivity index (χ1n) is 10.2. The zero-order chi connectivity index (χ0) is 21.8. The van der Waals surface area contributed by atoms with Crippen LogP contribution in [0.25, 0.3) is 11.1 Å². The lowest BCUT2D eigenvalue weighted by atomic mass is 9.93. The van der Waals surface area contributed by atoms with E-state index in [0.29, 0.717) is 0 Å². The molecule has 0 unspecified atom stereocenters. The first-order chi connectivity index (χ1) is 14.5. The van der Waals surface area contributed by atoms with Crippen molar-refractivity contribution in [1.82, 2.24) is 0 Å². The maximum atomic E-state index is 9.60. The normalized spacial score (nSPS) is 9.53. The van der Waals surface area contributed by atoms with E-state index in [9.17, 15) is 4.79 Å². The van der Waals surface area contributed by atoms with Crippen LogP contribution in [0, 0.1) is 11.8 Å². The highest BCUT2D eigenvalue weighted by molar-refractivity contribution is 5.84. The van der Waals surface area contributed by atoms with Gasteiger partial charge < -0.3 is 5.11 Å². The Kier molecular flexibility index (Phi) is 9.16. The predicted molar refractivity (Wildman–Crippen MR) is 125 cm³/mol. The van der Waals surface area contributed by atoms with Crippen molar-refractivity contribution in [3.63, 3.8) is 0 Å². The van der Waals surface area contributed by atoms with Gasteiger partial charge in [0.05, 0.1) is 0 Å². The molecule has 0 heterocycles. The van der Waals surface area contributed by atoms with Crippen molar-refractivity contribution in [3.8, 4) is 23.0 Å². The maximum Gasteiger partial charge on any atom is 0.330 e. The molecule has 0 radical (unpaired) electrons. The summed E-state index contributed by atoms with van der Waals surface area (Å²) < 4.78 is 0. The van der Waals surface area contributed by atoms with E-state index in [0.717, 1.165) is 17.5 Å². The number of benzene rings is 3. The number of carbonyl (C=O) groups is 1. The molecule has 0 aliphatic heterocycles. The molecule has 3 aromatic rings. The summed E-state index contributed by atoms with van der Waals surface area (Å²) in [6.45, 7) is 6.84. The minimum Gasteiger partial charge on any atom is -0.478 e. The second-order valence-corrected chi connectivity index (χ2v) is 7.01. The molecule has 0 amide bonds. The van der Waals surface area contributed by atoms with Crippen LogP contribution in [0.3, 0.4) is 0 Å². The Labute approximate surface area is 179 Å². The molecule has 2 heteroatoms. The van der Waals surface area contributed by atoms with Gasteiger partial charge in [-0.05, 0) is 54.7 Å². The summed E-state index contributed by atoms with van der Waals surface area (Å²) in [6.07, 6.45) is 3.55. The van der Waals surface area contributed by atoms with E-state index in [-0.39, 0.29) is 5.57 Å². The van der Waals surface area contributed by atoms with Gasteiger partial charge in [0.15, 0.2) is 0 Å². The molecule has 0 aliphatic rings. The second kappa shape index (κ2) is 12.1. The lowest BCUT2D eigenvalue weighted by Gasteiger charge is -2.11. The molecular formula is C28H28O2. The summed E-state index contributed by atoms with van der Waals surface area (Å²) in [4.78, 5) is 9.60. The number of unbranched alkanes of at least 4 members (excludes halogenated alkanes) is 1. The van der Waals surface area contributed by atoms with Crippen LogP contribution >= 0.6 is 0 Å². The van der Waals surface area contributed by atoms with E-state index in [1.54, 1.807) is 0 Å². The monoisotopic (exact) mass is 396 g/mol. The maximum absolute atomic E-state index is 9.60. The van der Waals surface area contributed by atoms with Crippen LogP contribution in [0.2, 0.25) is 0 Å². The number of aliphatic carboxylic acids is 1. The van der Waals surface area contributed by atoms with E-state index in [1.807, 2.05) is 30.3 Å². The number of carboxylic acids is 1. The first-order valence-corrected chi connectivity index (χ1v) is 10.2. The average molecular weight is 397 g/mol. The number of aryl methyl sites for hydroxylation is 1. The highest BCUT2D eigenvalue weighted by Crippen LogP contribution is 2.28. The first kappa shape index (κ1) is 22.7. The van der Waals surface area contributed by atoms with Gasteiger partial charge in [-0.15, -0.1) is 0 Å². The Balaban J connectivity index is 0.000000469. The number of hydrogen-bond donors (Lipinski definition) is 1. The molecule has 0 spiro atoms. The van der Waals surface area contributed by atoms with E-state index in [1.165, 1.54) is 36.5 Å². The Hall–Kier alpha value is -3.57. The Bertz CT molecular complexity index is 1020. The molecular weight excluding hydrogens is 368 g/mol. The fourth-order valence-electron chi connectivity index (χ4n) is 2.86. The molecule has 1 N–H and O–H groups in total. The third-order valence-corrected chi connectivity index (χ3v) is 4.51. The van der Waals surface area contributed by atoms with Crippen molar-refractivity contribution in [2.45, 2.75) is 33.1 Å². The van der Waals surface area contributed by atoms with Crippen molar-refractivity contribution in [3.05, 3.63) is 108 Å². The summed E-state index contributed by atoms with van der Waals surface area (Å²) in [5.41, 5.74) is 6.26. The van der Waals surface area contributed by atoms with Gasteiger partial charge in [-0.25, -0.2) is 4.79 Å². The molecule has 3 aromatic carbocycles. The standard InChI is InChI=1S/C24H22.C4H6O2/c1-2-3-13-21-14-7-9-16-23(21)24-17-10-8-15-22(24)19-18-20-11-5-4-6-12-20;1-3(2)4(5)6/h4-12,14-17H,2-3,13H2,1H3;1H2,2H3,(H,5,6). The largest absolute Gasteiger partial charge is 0.478 e. The highest BCUT2D eigenvalue weighted by atomic mass is 16.4. The number of carboxylic acid groups (broad SMARTS) is 1. The Morgan fingerprint density at radius 2 is 1.43 bits per heavy atom. The van der Waals surface area contributed by atoms with Crippen LogP contribution in [0.15, 0.2) is 91.0 Å². The molecule has 30 heavy (non-hydrogen) atoms. The smallest absolute Gasteiger partial charge is 0.330 e. The fourth-order valence-corrected chi connectivity index (χ4v) is 2.86. The SMILES string of the molecule is C=C(C)C(=O)O.CCCCc1ccccc1-c1ccccc1C#Cc1ccccc1. The van der Waals surface area contributed by atoms with Gasteiger partial charge in [0.1, 0.15) is 0 Å². The lowest BCUT2D eigenvalue weighted by molar-refractivity contribution is -0.132. The minimum atomic E-state index is -0.935. The van der Waals surface area contributed by atoms with Crippen molar-refractivity contribution >= 4 is 5.97 Å². The molecule has 0 atom stereocenters. The number of hydrogen-bond acceptors (Lipinski definition) is 1. The molecule has 0 saturated carbocycles. The topological polar surface area (TPSA) is 37.3 Å². The number of rotatable bonds is 5. The second-order valence-electron chi connectivity index (χ2n) is 7.01. The fraction of sp³-hybridized carbons (Fsp3) is 0.179. The van der Waals surface area contributed by atoms with Crippen LogP contribution in [0.4, 0.5) is 0 Å². The van der Waals surface area contributed by atoms with Crippen LogP contribution < -0.4 is 0 Å². The quantitative estimate of drug-likeness (QED) is 0.383. The summed E-state index contributed by atoms with van der Waals surface area (Å²) in [7, 11) is 0. The molecule has 0 aliphatic carbocycles. The minimum absolute atomic E-state index is 0.176. The summed E-state index contributed by atoms with van der Waals surface area (Å²) in [6, 6.07) is 27.3. The zero-order valence-electron chi connectivity index (χ0n) is 17.7. The molecule has 0 saturated heterocycles. The van der Waals surface area contributed by atoms with Crippen LogP contribution in [0.1, 0.15) is 43.4 Å². The zero-order valence-corrected chi connectivity index (χ0v) is 17.7.